The summed E-state index contributed by atoms with van der Waals surface area (Å²) in [4.78, 5) is 18.6. The van der Waals surface area contributed by atoms with Crippen LogP contribution in [0.15, 0.2) is 36.8 Å². The van der Waals surface area contributed by atoms with Gasteiger partial charge in [0.05, 0.1) is 18.2 Å². The molecule has 0 atom stereocenters. The van der Waals surface area contributed by atoms with E-state index in [0.29, 0.717) is 6.54 Å². The van der Waals surface area contributed by atoms with Crippen LogP contribution < -0.4 is 10.6 Å². The third-order valence-electron chi connectivity index (χ3n) is 3.05. The summed E-state index contributed by atoms with van der Waals surface area (Å²) in [5.41, 5.74) is 2.68. The van der Waals surface area contributed by atoms with Crippen LogP contribution >= 0.6 is 0 Å². The summed E-state index contributed by atoms with van der Waals surface area (Å²) >= 11 is 0. The van der Waals surface area contributed by atoms with Gasteiger partial charge in [-0.15, -0.1) is 0 Å². The van der Waals surface area contributed by atoms with E-state index < -0.39 is 5.60 Å². The fourth-order valence-corrected chi connectivity index (χ4v) is 2.01. The van der Waals surface area contributed by atoms with Crippen molar-refractivity contribution in [3.8, 4) is 11.3 Å². The highest BCUT2D eigenvalue weighted by Crippen LogP contribution is 2.18. The lowest BCUT2D eigenvalue weighted by Crippen LogP contribution is -2.33. The van der Waals surface area contributed by atoms with Crippen molar-refractivity contribution >= 4 is 11.8 Å². The van der Waals surface area contributed by atoms with Crippen LogP contribution in [0.3, 0.4) is 0 Å². The summed E-state index contributed by atoms with van der Waals surface area (Å²) in [7, 11) is 0. The second-order valence-electron chi connectivity index (χ2n) is 6.25. The van der Waals surface area contributed by atoms with Crippen LogP contribution in [0.5, 0.6) is 0 Å². The second kappa shape index (κ2) is 7.67. The second-order valence-corrected chi connectivity index (χ2v) is 6.25. The van der Waals surface area contributed by atoms with Crippen LogP contribution in [-0.4, -0.2) is 34.8 Å². The number of hydrogen-bond donors (Lipinski definition) is 3. The molecule has 0 bridgehead atoms. The Balaban J connectivity index is 1.66. The number of alkyl carbamates (subject to hydrolysis) is 1. The summed E-state index contributed by atoms with van der Waals surface area (Å²) < 4.78 is 5.17. The number of amides is 1. The van der Waals surface area contributed by atoms with Crippen molar-refractivity contribution < 1.29 is 9.53 Å². The SMILES string of the molecule is CC(C)(C)OC(=O)NCCCNc1ccc(-c2cnc[nH]2)cc1. The monoisotopic (exact) mass is 316 g/mol. The number of anilines is 1. The average molecular weight is 316 g/mol. The van der Waals surface area contributed by atoms with Crippen molar-refractivity contribution in [1.82, 2.24) is 15.3 Å². The molecule has 2 aromatic rings. The van der Waals surface area contributed by atoms with Crippen molar-refractivity contribution in [3.05, 3.63) is 36.8 Å². The Morgan fingerprint density at radius 3 is 2.57 bits per heavy atom. The third-order valence-corrected chi connectivity index (χ3v) is 3.05. The van der Waals surface area contributed by atoms with E-state index in [2.05, 4.69) is 20.6 Å². The number of aromatic nitrogens is 2. The number of hydrogen-bond acceptors (Lipinski definition) is 4. The van der Waals surface area contributed by atoms with E-state index in [1.165, 1.54) is 0 Å². The number of aromatic amines is 1. The molecular formula is C17H24N4O2. The lowest BCUT2D eigenvalue weighted by atomic mass is 10.1. The fourth-order valence-electron chi connectivity index (χ4n) is 2.01. The molecule has 0 spiro atoms. The summed E-state index contributed by atoms with van der Waals surface area (Å²) in [5, 5.41) is 6.06. The van der Waals surface area contributed by atoms with Gasteiger partial charge in [0.15, 0.2) is 0 Å². The lowest BCUT2D eigenvalue weighted by molar-refractivity contribution is 0.0528. The zero-order valence-corrected chi connectivity index (χ0v) is 13.8. The number of carbonyl (C=O) groups excluding carboxylic acids is 1. The molecular weight excluding hydrogens is 292 g/mol. The zero-order chi connectivity index (χ0) is 16.7. The summed E-state index contributed by atoms with van der Waals surface area (Å²) in [6.07, 6.45) is 3.91. The normalized spacial score (nSPS) is 11.1. The molecule has 0 unspecified atom stereocenters. The molecule has 6 nitrogen and oxygen atoms in total. The minimum Gasteiger partial charge on any atom is -0.444 e. The molecule has 1 aromatic carbocycles. The average Bonchev–Trinajstić information content (AvgIpc) is 3.00. The van der Waals surface area contributed by atoms with Gasteiger partial charge in [-0.3, -0.25) is 0 Å². The van der Waals surface area contributed by atoms with Gasteiger partial charge in [-0.05, 0) is 44.9 Å². The molecule has 3 N–H and O–H groups in total. The first-order valence-electron chi connectivity index (χ1n) is 7.73. The fraction of sp³-hybridized carbons (Fsp3) is 0.412. The predicted molar refractivity (Wildman–Crippen MR) is 91.4 cm³/mol. The molecule has 2 rings (SSSR count). The molecule has 1 heterocycles. The number of imidazole rings is 1. The van der Waals surface area contributed by atoms with E-state index in [1.54, 1.807) is 12.5 Å². The van der Waals surface area contributed by atoms with E-state index >= 15 is 0 Å². The molecule has 1 aromatic heterocycles. The van der Waals surface area contributed by atoms with Crippen LogP contribution in [0.1, 0.15) is 27.2 Å². The molecule has 6 heteroatoms. The maximum Gasteiger partial charge on any atom is 0.407 e. The number of benzene rings is 1. The highest BCUT2D eigenvalue weighted by Gasteiger charge is 2.15. The molecule has 0 saturated heterocycles. The Morgan fingerprint density at radius 2 is 1.96 bits per heavy atom. The van der Waals surface area contributed by atoms with Gasteiger partial charge in [-0.25, -0.2) is 9.78 Å². The number of nitrogens with zero attached hydrogens (tertiary/aromatic N) is 1. The van der Waals surface area contributed by atoms with Crippen molar-refractivity contribution in [3.63, 3.8) is 0 Å². The first-order chi connectivity index (χ1) is 10.9. The summed E-state index contributed by atoms with van der Waals surface area (Å²) in [6.45, 7) is 6.90. The predicted octanol–water partition coefficient (Wildman–Crippen LogP) is 3.40. The van der Waals surface area contributed by atoms with Crippen LogP contribution in [0.4, 0.5) is 10.5 Å². The summed E-state index contributed by atoms with van der Waals surface area (Å²) in [5.74, 6) is 0. The van der Waals surface area contributed by atoms with Gasteiger partial charge in [0.2, 0.25) is 0 Å². The van der Waals surface area contributed by atoms with E-state index in [4.69, 9.17) is 4.74 Å². The van der Waals surface area contributed by atoms with E-state index in [1.807, 2.05) is 45.0 Å². The molecule has 0 saturated carbocycles. The number of ether oxygens (including phenoxy) is 1. The first kappa shape index (κ1) is 16.9. The molecule has 0 aliphatic carbocycles. The van der Waals surface area contributed by atoms with Crippen molar-refractivity contribution in [1.29, 1.82) is 0 Å². The highest BCUT2D eigenvalue weighted by molar-refractivity contribution is 5.67. The van der Waals surface area contributed by atoms with Crippen molar-refractivity contribution in [2.45, 2.75) is 32.8 Å². The Kier molecular flexibility index (Phi) is 5.62. The van der Waals surface area contributed by atoms with Gasteiger partial charge in [0, 0.05) is 18.8 Å². The number of rotatable bonds is 6. The van der Waals surface area contributed by atoms with Gasteiger partial charge in [-0.1, -0.05) is 12.1 Å². The number of H-pyrrole nitrogens is 1. The van der Waals surface area contributed by atoms with Crippen LogP contribution in [0, 0.1) is 0 Å². The van der Waals surface area contributed by atoms with E-state index in [-0.39, 0.29) is 6.09 Å². The first-order valence-corrected chi connectivity index (χ1v) is 7.73. The van der Waals surface area contributed by atoms with Crippen LogP contribution in [0.25, 0.3) is 11.3 Å². The molecule has 0 aliphatic heterocycles. The van der Waals surface area contributed by atoms with Gasteiger partial charge in [0.1, 0.15) is 5.60 Å². The molecule has 0 fully saturated rings. The lowest BCUT2D eigenvalue weighted by Gasteiger charge is -2.19. The highest BCUT2D eigenvalue weighted by atomic mass is 16.6. The van der Waals surface area contributed by atoms with E-state index in [0.717, 1.165) is 29.9 Å². The van der Waals surface area contributed by atoms with Crippen LogP contribution in [0.2, 0.25) is 0 Å². The van der Waals surface area contributed by atoms with Gasteiger partial charge in [-0.2, -0.15) is 0 Å². The Morgan fingerprint density at radius 1 is 1.22 bits per heavy atom. The smallest absolute Gasteiger partial charge is 0.407 e. The number of nitrogens with one attached hydrogen (secondary N) is 3. The molecule has 23 heavy (non-hydrogen) atoms. The number of carbonyl (C=O) groups is 1. The Labute approximate surface area is 136 Å². The molecule has 124 valence electrons. The van der Waals surface area contributed by atoms with E-state index in [9.17, 15) is 4.79 Å². The van der Waals surface area contributed by atoms with Crippen LogP contribution in [-0.2, 0) is 4.74 Å². The topological polar surface area (TPSA) is 79.0 Å². The van der Waals surface area contributed by atoms with Crippen molar-refractivity contribution in [2.75, 3.05) is 18.4 Å². The maximum absolute atomic E-state index is 11.5. The molecule has 0 radical (unpaired) electrons. The minimum absolute atomic E-state index is 0.374. The zero-order valence-electron chi connectivity index (χ0n) is 13.8. The minimum atomic E-state index is -0.460. The summed E-state index contributed by atoms with van der Waals surface area (Å²) in [6, 6.07) is 8.12. The quantitative estimate of drug-likeness (QED) is 0.714. The molecule has 1 amide bonds. The standard InChI is InChI=1S/C17H24N4O2/c1-17(2,3)23-16(22)20-10-4-9-19-14-7-5-13(6-8-14)15-11-18-12-21-15/h5-8,11-12,19H,4,9-10H2,1-3H3,(H,18,21)(H,20,22). The third kappa shape index (κ3) is 6.02. The molecule has 0 aliphatic rings. The van der Waals surface area contributed by atoms with Gasteiger partial charge < -0.3 is 20.4 Å². The largest absolute Gasteiger partial charge is 0.444 e. The Bertz CT molecular complexity index is 601. The van der Waals surface area contributed by atoms with Crippen molar-refractivity contribution in [2.24, 2.45) is 0 Å². The van der Waals surface area contributed by atoms with Gasteiger partial charge in [0.25, 0.3) is 0 Å². The Hall–Kier alpha value is -2.50. The van der Waals surface area contributed by atoms with Gasteiger partial charge >= 0.3 is 6.09 Å². The maximum atomic E-state index is 11.5.